The predicted molar refractivity (Wildman–Crippen MR) is 157 cm³/mol. The minimum atomic E-state index is 0.116. The van der Waals surface area contributed by atoms with E-state index >= 15 is 0 Å². The summed E-state index contributed by atoms with van der Waals surface area (Å²) in [7, 11) is 4.18. The predicted octanol–water partition coefficient (Wildman–Crippen LogP) is 2.76. The fourth-order valence-electron chi connectivity index (χ4n) is 5.01. The van der Waals surface area contributed by atoms with Gasteiger partial charge in [0.2, 0.25) is 11.8 Å². The molecule has 0 aliphatic carbocycles. The maximum atomic E-state index is 12.8. The molecule has 2 amide bonds. The molecule has 2 aromatic heterocycles. The van der Waals surface area contributed by atoms with Crippen LogP contribution in [-0.4, -0.2) is 121 Å². The second kappa shape index (κ2) is 12.1. The Morgan fingerprint density at radius 2 is 1.37 bits per heavy atom. The second-order valence-corrected chi connectivity index (χ2v) is 12.5. The average Bonchev–Trinajstić information content (AvgIpc) is 3.54. The first-order valence-electron chi connectivity index (χ1n) is 13.5. The highest BCUT2D eigenvalue weighted by atomic mass is 32.1. The summed E-state index contributed by atoms with van der Waals surface area (Å²) in [6.07, 6.45) is 3.39. The molecule has 0 spiro atoms. The summed E-state index contributed by atoms with van der Waals surface area (Å²) in [6, 6.07) is 2.12. The van der Waals surface area contributed by atoms with Crippen molar-refractivity contribution in [2.75, 3.05) is 90.2 Å². The number of likely N-dealkylation sites (N-methyl/N-ethyl adjacent to an activating group) is 1. The van der Waals surface area contributed by atoms with Crippen LogP contribution in [0.1, 0.15) is 24.8 Å². The third-order valence-corrected chi connectivity index (χ3v) is 9.28. The summed E-state index contributed by atoms with van der Waals surface area (Å²) in [5.41, 5.74) is 2.84. The molecular weight excluding hydrogens is 520 g/mol. The molecule has 2 N–H and O–H groups in total. The van der Waals surface area contributed by atoms with Crippen molar-refractivity contribution in [3.05, 3.63) is 11.6 Å². The summed E-state index contributed by atoms with van der Waals surface area (Å²) in [4.78, 5) is 43.4. The van der Waals surface area contributed by atoms with Gasteiger partial charge in [0.25, 0.3) is 0 Å². The van der Waals surface area contributed by atoms with Crippen LogP contribution in [0.5, 0.6) is 0 Å². The lowest BCUT2D eigenvalue weighted by Gasteiger charge is -2.35. The quantitative estimate of drug-likeness (QED) is 0.414. The van der Waals surface area contributed by atoms with Gasteiger partial charge in [-0.1, -0.05) is 22.7 Å². The monoisotopic (exact) mass is 558 g/mol. The van der Waals surface area contributed by atoms with E-state index in [4.69, 9.17) is 9.97 Å². The van der Waals surface area contributed by atoms with E-state index in [1.807, 2.05) is 16.7 Å². The van der Waals surface area contributed by atoms with Gasteiger partial charge >= 0.3 is 0 Å². The summed E-state index contributed by atoms with van der Waals surface area (Å²) in [5, 5.41) is 8.01. The third-order valence-electron chi connectivity index (χ3n) is 7.36. The Morgan fingerprint density at radius 3 is 1.89 bits per heavy atom. The number of rotatable bonds is 9. The zero-order valence-electron chi connectivity index (χ0n) is 22.6. The summed E-state index contributed by atoms with van der Waals surface area (Å²) < 4.78 is 2.14. The summed E-state index contributed by atoms with van der Waals surface area (Å²) in [6.45, 7) is 9.76. The van der Waals surface area contributed by atoms with E-state index in [2.05, 4.69) is 40.6 Å². The molecule has 0 radical (unpaired) electrons. The van der Waals surface area contributed by atoms with Gasteiger partial charge in [0.1, 0.15) is 0 Å². The molecule has 2 aliphatic heterocycles. The minimum absolute atomic E-state index is 0.116. The molecule has 12 heteroatoms. The number of nitrogens with zero attached hydrogens (tertiary/aromatic N) is 6. The Morgan fingerprint density at radius 1 is 0.842 bits per heavy atom. The van der Waals surface area contributed by atoms with Crippen molar-refractivity contribution >= 4 is 65.2 Å². The number of amides is 2. The molecule has 2 aliphatic rings. The molecular formula is C26H38N8O2S2. The molecule has 1 aromatic carbocycles. The van der Waals surface area contributed by atoms with Gasteiger partial charge in [-0.15, -0.1) is 0 Å². The van der Waals surface area contributed by atoms with Crippen LogP contribution in [0.25, 0.3) is 20.4 Å². The Hall–Kier alpha value is -2.54. The number of hydrogen-bond donors (Lipinski definition) is 2. The van der Waals surface area contributed by atoms with E-state index in [1.54, 1.807) is 22.7 Å². The van der Waals surface area contributed by atoms with E-state index in [1.165, 1.54) is 6.42 Å². The summed E-state index contributed by atoms with van der Waals surface area (Å²) >= 11 is 3.13. The third kappa shape index (κ3) is 6.36. The fourth-order valence-corrected chi connectivity index (χ4v) is 7.01. The molecule has 2 saturated heterocycles. The Bertz CT molecular complexity index is 1280. The molecule has 5 rings (SSSR count). The van der Waals surface area contributed by atoms with E-state index < -0.39 is 0 Å². The number of thiazole rings is 2. The van der Waals surface area contributed by atoms with Crippen LogP contribution in [-0.2, 0) is 9.59 Å². The number of anilines is 2. The van der Waals surface area contributed by atoms with Gasteiger partial charge < -0.3 is 25.3 Å². The van der Waals surface area contributed by atoms with Crippen LogP contribution in [0.15, 0.2) is 6.07 Å². The van der Waals surface area contributed by atoms with E-state index in [-0.39, 0.29) is 24.9 Å². The fraction of sp³-hybridized carbons (Fsp3) is 0.615. The first-order valence-corrected chi connectivity index (χ1v) is 15.1. The van der Waals surface area contributed by atoms with Crippen LogP contribution in [0.2, 0.25) is 0 Å². The number of piperazine rings is 1. The van der Waals surface area contributed by atoms with Crippen LogP contribution in [0.3, 0.4) is 0 Å². The number of piperidine rings is 1. The van der Waals surface area contributed by atoms with Crippen molar-refractivity contribution in [1.29, 1.82) is 0 Å². The van der Waals surface area contributed by atoms with Crippen molar-refractivity contribution in [3.8, 4) is 0 Å². The van der Waals surface area contributed by atoms with Crippen molar-refractivity contribution < 1.29 is 9.59 Å². The van der Waals surface area contributed by atoms with Crippen LogP contribution in [0.4, 0.5) is 10.3 Å². The van der Waals surface area contributed by atoms with Crippen LogP contribution < -0.4 is 10.6 Å². The van der Waals surface area contributed by atoms with Gasteiger partial charge in [-0.2, -0.15) is 0 Å². The number of benzene rings is 1. The molecule has 0 unspecified atom stereocenters. The molecule has 0 atom stereocenters. The van der Waals surface area contributed by atoms with E-state index in [9.17, 15) is 9.59 Å². The van der Waals surface area contributed by atoms with Crippen molar-refractivity contribution in [1.82, 2.24) is 29.6 Å². The highest BCUT2D eigenvalue weighted by molar-refractivity contribution is 7.24. The lowest BCUT2D eigenvalue weighted by Crippen LogP contribution is -2.51. The number of aryl methyl sites for hydroxylation is 1. The first-order chi connectivity index (χ1) is 18.4. The van der Waals surface area contributed by atoms with Gasteiger partial charge in [0, 0.05) is 57.9 Å². The SMILES string of the molecule is Cc1c2nc(NCC(=O)N3CCCCC3)sc2cc2sc(NCC(=O)N3CCN(CCN(C)C)CC3)nc12. The minimum Gasteiger partial charge on any atom is -0.352 e. The molecule has 10 nitrogen and oxygen atoms in total. The Kier molecular flexibility index (Phi) is 8.61. The number of fused-ring (bicyclic) bond motifs is 2. The number of likely N-dealkylation sites (tertiary alicyclic amines) is 1. The normalized spacial score (nSPS) is 17.1. The van der Waals surface area contributed by atoms with Gasteiger partial charge in [0.15, 0.2) is 10.3 Å². The smallest absolute Gasteiger partial charge is 0.242 e. The zero-order chi connectivity index (χ0) is 26.6. The van der Waals surface area contributed by atoms with Crippen molar-refractivity contribution in [3.63, 3.8) is 0 Å². The highest BCUT2D eigenvalue weighted by Gasteiger charge is 2.22. The first kappa shape index (κ1) is 27.0. The molecule has 206 valence electrons. The molecule has 38 heavy (non-hydrogen) atoms. The van der Waals surface area contributed by atoms with Crippen molar-refractivity contribution in [2.45, 2.75) is 26.2 Å². The molecule has 4 heterocycles. The van der Waals surface area contributed by atoms with E-state index in [0.717, 1.165) is 101 Å². The lowest BCUT2D eigenvalue weighted by molar-refractivity contribution is -0.131. The summed E-state index contributed by atoms with van der Waals surface area (Å²) in [5.74, 6) is 0.255. The number of nitrogens with one attached hydrogen (secondary N) is 2. The number of hydrogen-bond acceptors (Lipinski definition) is 10. The van der Waals surface area contributed by atoms with Gasteiger partial charge in [-0.05, 0) is 46.3 Å². The number of carbonyl (C=O) groups excluding carboxylic acids is 2. The van der Waals surface area contributed by atoms with Gasteiger partial charge in [-0.3, -0.25) is 14.5 Å². The largest absolute Gasteiger partial charge is 0.352 e. The standard InChI is InChI=1S/C26H38N8O2S2/c1-18-23-19(37-25(29-23)27-16-21(35)33-7-5-4-6-8-33)15-20-24(18)30-26(38-20)28-17-22(36)34-13-11-32(12-14-34)10-9-31(2)3/h15H,4-14,16-17H2,1-3H3,(H,27,29)(H,28,30). The molecule has 2 fully saturated rings. The molecule has 0 saturated carbocycles. The Labute approximate surface area is 232 Å². The molecule has 3 aromatic rings. The second-order valence-electron chi connectivity index (χ2n) is 10.4. The van der Waals surface area contributed by atoms with Crippen LogP contribution in [0, 0.1) is 6.92 Å². The topological polar surface area (TPSA) is 96.9 Å². The maximum Gasteiger partial charge on any atom is 0.242 e. The van der Waals surface area contributed by atoms with Crippen molar-refractivity contribution in [2.24, 2.45) is 0 Å². The number of aromatic nitrogens is 2. The van der Waals surface area contributed by atoms with Crippen LogP contribution >= 0.6 is 22.7 Å². The lowest BCUT2D eigenvalue weighted by atomic mass is 10.1. The van der Waals surface area contributed by atoms with E-state index in [0.29, 0.717) is 0 Å². The molecule has 0 bridgehead atoms. The average molecular weight is 559 g/mol. The Balaban J connectivity index is 1.16. The van der Waals surface area contributed by atoms with Gasteiger partial charge in [-0.25, -0.2) is 9.97 Å². The maximum absolute atomic E-state index is 12.8. The zero-order valence-corrected chi connectivity index (χ0v) is 24.2. The highest BCUT2D eigenvalue weighted by Crippen LogP contribution is 2.37. The number of carbonyl (C=O) groups is 2. The van der Waals surface area contributed by atoms with Gasteiger partial charge in [0.05, 0.1) is 33.5 Å².